The van der Waals surface area contributed by atoms with Crippen LogP contribution in [-0.4, -0.2) is 14.3 Å². The lowest BCUT2D eigenvalue weighted by Crippen LogP contribution is -2.26. The van der Waals surface area contributed by atoms with Gasteiger partial charge < -0.3 is 0 Å². The molecular formula is C17H11N3O. The third-order valence-corrected chi connectivity index (χ3v) is 4.17. The van der Waals surface area contributed by atoms with Gasteiger partial charge >= 0.3 is 0 Å². The number of fused-ring (bicyclic) bond motifs is 6. The SMILES string of the molecule is O=c1c2ccccc2nc2n1-n1cc3ccccc3c1C2. The molecule has 2 aromatic heterocycles. The molecule has 0 atom stereocenters. The highest BCUT2D eigenvalue weighted by atomic mass is 16.1. The molecule has 0 amide bonds. The molecule has 2 aromatic carbocycles. The molecule has 3 heterocycles. The Morgan fingerprint density at radius 2 is 1.71 bits per heavy atom. The maximum absolute atomic E-state index is 12.8. The number of hydrogen-bond donors (Lipinski definition) is 0. The van der Waals surface area contributed by atoms with Crippen LogP contribution in [0.5, 0.6) is 0 Å². The summed E-state index contributed by atoms with van der Waals surface area (Å²) in [4.78, 5) is 17.4. The van der Waals surface area contributed by atoms with Crippen molar-refractivity contribution in [2.75, 3.05) is 0 Å². The minimum atomic E-state index is -0.00495. The molecule has 0 aliphatic carbocycles. The fourth-order valence-corrected chi connectivity index (χ4v) is 3.22. The van der Waals surface area contributed by atoms with E-state index in [1.54, 1.807) is 4.68 Å². The number of nitrogens with zero attached hydrogens (tertiary/aromatic N) is 3. The number of hydrogen-bond acceptors (Lipinski definition) is 2. The molecule has 0 saturated heterocycles. The van der Waals surface area contributed by atoms with E-state index in [1.807, 2.05) is 47.3 Å². The first-order valence-corrected chi connectivity index (χ1v) is 6.93. The predicted octanol–water partition coefficient (Wildman–Crippen LogP) is 2.57. The lowest BCUT2D eigenvalue weighted by Gasteiger charge is -2.07. The summed E-state index contributed by atoms with van der Waals surface area (Å²) in [5, 5.41) is 3.00. The molecule has 1 aliphatic rings. The van der Waals surface area contributed by atoms with Crippen molar-refractivity contribution in [2.45, 2.75) is 6.42 Å². The van der Waals surface area contributed by atoms with Crippen molar-refractivity contribution in [3.8, 4) is 0 Å². The van der Waals surface area contributed by atoms with Crippen LogP contribution < -0.4 is 5.56 Å². The highest BCUT2D eigenvalue weighted by Crippen LogP contribution is 2.27. The topological polar surface area (TPSA) is 39.8 Å². The van der Waals surface area contributed by atoms with Crippen molar-refractivity contribution in [1.29, 1.82) is 0 Å². The van der Waals surface area contributed by atoms with E-state index in [4.69, 9.17) is 0 Å². The average Bonchev–Trinajstić information content (AvgIpc) is 3.03. The maximum Gasteiger partial charge on any atom is 0.280 e. The standard InChI is InChI=1S/C17H11N3O/c21-17-13-7-3-4-8-14(13)18-16-9-15-12-6-2-1-5-11(12)10-19(15)20(16)17/h1-8,10H,9H2. The van der Waals surface area contributed by atoms with Gasteiger partial charge in [0.1, 0.15) is 5.82 Å². The summed E-state index contributed by atoms with van der Waals surface area (Å²) in [5.74, 6) is 0.805. The van der Waals surface area contributed by atoms with Crippen LogP contribution in [0.2, 0.25) is 0 Å². The van der Waals surface area contributed by atoms with E-state index in [0.717, 1.165) is 22.4 Å². The Labute approximate surface area is 119 Å². The summed E-state index contributed by atoms with van der Waals surface area (Å²) in [6, 6.07) is 15.7. The van der Waals surface area contributed by atoms with Crippen LogP contribution in [0.1, 0.15) is 11.5 Å². The summed E-state index contributed by atoms with van der Waals surface area (Å²) in [6.07, 6.45) is 2.70. The third-order valence-electron chi connectivity index (χ3n) is 4.17. The smallest absolute Gasteiger partial charge is 0.267 e. The van der Waals surface area contributed by atoms with E-state index >= 15 is 0 Å². The second kappa shape index (κ2) is 3.61. The highest BCUT2D eigenvalue weighted by Gasteiger charge is 2.24. The van der Waals surface area contributed by atoms with Crippen molar-refractivity contribution in [1.82, 2.24) is 14.3 Å². The summed E-state index contributed by atoms with van der Waals surface area (Å²) in [7, 11) is 0. The minimum Gasteiger partial charge on any atom is -0.267 e. The first-order valence-electron chi connectivity index (χ1n) is 6.93. The molecule has 0 radical (unpaired) electrons. The third kappa shape index (κ3) is 1.29. The normalized spacial score (nSPS) is 12.8. The monoisotopic (exact) mass is 273 g/mol. The molecule has 5 rings (SSSR count). The Morgan fingerprint density at radius 1 is 0.952 bits per heavy atom. The van der Waals surface area contributed by atoms with Crippen LogP contribution in [0, 0.1) is 0 Å². The van der Waals surface area contributed by atoms with Crippen LogP contribution >= 0.6 is 0 Å². The molecule has 100 valence electrons. The van der Waals surface area contributed by atoms with Gasteiger partial charge in [-0.15, -0.1) is 0 Å². The van der Waals surface area contributed by atoms with Gasteiger partial charge in [-0.05, 0) is 12.1 Å². The molecule has 21 heavy (non-hydrogen) atoms. The van der Waals surface area contributed by atoms with Crippen LogP contribution in [0.3, 0.4) is 0 Å². The molecule has 4 heteroatoms. The van der Waals surface area contributed by atoms with Crippen LogP contribution in [0.4, 0.5) is 0 Å². The molecule has 4 nitrogen and oxygen atoms in total. The average molecular weight is 273 g/mol. The molecule has 0 fully saturated rings. The van der Waals surface area contributed by atoms with E-state index in [0.29, 0.717) is 11.8 Å². The van der Waals surface area contributed by atoms with Crippen molar-refractivity contribution >= 4 is 21.7 Å². The van der Waals surface area contributed by atoms with Crippen molar-refractivity contribution < 1.29 is 0 Å². The summed E-state index contributed by atoms with van der Waals surface area (Å²) >= 11 is 0. The quantitative estimate of drug-likeness (QED) is 0.435. The Balaban J connectivity index is 1.94. The number of benzene rings is 2. The fraction of sp³-hybridized carbons (Fsp3) is 0.0588. The molecule has 0 N–H and O–H groups in total. The Kier molecular flexibility index (Phi) is 1.86. The maximum atomic E-state index is 12.8. The summed E-state index contributed by atoms with van der Waals surface area (Å²) in [6.45, 7) is 0. The molecule has 0 saturated carbocycles. The number of para-hydroxylation sites is 1. The van der Waals surface area contributed by atoms with Gasteiger partial charge in [-0.25, -0.2) is 4.98 Å². The predicted molar refractivity (Wildman–Crippen MR) is 81.5 cm³/mol. The highest BCUT2D eigenvalue weighted by molar-refractivity contribution is 5.86. The molecule has 0 bridgehead atoms. The van der Waals surface area contributed by atoms with Crippen molar-refractivity contribution in [3.05, 3.63) is 76.6 Å². The Bertz CT molecular complexity index is 1090. The van der Waals surface area contributed by atoms with Gasteiger partial charge in [-0.1, -0.05) is 36.4 Å². The zero-order valence-electron chi connectivity index (χ0n) is 11.2. The second-order valence-electron chi connectivity index (χ2n) is 5.35. The van der Waals surface area contributed by atoms with E-state index in [2.05, 4.69) is 17.1 Å². The van der Waals surface area contributed by atoms with Gasteiger partial charge in [0.25, 0.3) is 5.56 Å². The van der Waals surface area contributed by atoms with Crippen molar-refractivity contribution in [3.63, 3.8) is 0 Å². The first kappa shape index (κ1) is 10.9. The van der Waals surface area contributed by atoms with E-state index in [9.17, 15) is 4.79 Å². The molecule has 0 unspecified atom stereocenters. The zero-order valence-corrected chi connectivity index (χ0v) is 11.2. The fourth-order valence-electron chi connectivity index (χ4n) is 3.22. The van der Waals surface area contributed by atoms with Gasteiger partial charge in [0, 0.05) is 17.0 Å². The van der Waals surface area contributed by atoms with Gasteiger partial charge in [-0.3, -0.25) is 9.47 Å². The Morgan fingerprint density at radius 3 is 2.62 bits per heavy atom. The minimum absolute atomic E-state index is 0.00495. The van der Waals surface area contributed by atoms with Crippen LogP contribution in [-0.2, 0) is 6.42 Å². The molecule has 1 aliphatic heterocycles. The second-order valence-corrected chi connectivity index (χ2v) is 5.35. The summed E-state index contributed by atoms with van der Waals surface area (Å²) in [5.41, 5.74) is 1.89. The van der Waals surface area contributed by atoms with Crippen molar-refractivity contribution in [2.24, 2.45) is 0 Å². The Hall–Kier alpha value is -2.88. The van der Waals surface area contributed by atoms with Gasteiger partial charge in [0.15, 0.2) is 0 Å². The van der Waals surface area contributed by atoms with E-state index in [1.165, 1.54) is 5.39 Å². The number of aromatic nitrogens is 3. The van der Waals surface area contributed by atoms with Crippen LogP contribution in [0.15, 0.2) is 59.5 Å². The van der Waals surface area contributed by atoms with Gasteiger partial charge in [0.2, 0.25) is 0 Å². The zero-order chi connectivity index (χ0) is 14.0. The molecule has 0 spiro atoms. The van der Waals surface area contributed by atoms with E-state index in [-0.39, 0.29) is 5.56 Å². The molecule has 4 aromatic rings. The first-order chi connectivity index (χ1) is 10.3. The van der Waals surface area contributed by atoms with Gasteiger partial charge in [-0.2, -0.15) is 4.68 Å². The molecular weight excluding hydrogens is 262 g/mol. The lowest BCUT2D eigenvalue weighted by atomic mass is 10.1. The number of rotatable bonds is 0. The largest absolute Gasteiger partial charge is 0.280 e. The summed E-state index contributed by atoms with van der Waals surface area (Å²) < 4.78 is 3.64. The van der Waals surface area contributed by atoms with E-state index < -0.39 is 0 Å². The van der Waals surface area contributed by atoms with Gasteiger partial charge in [0.05, 0.1) is 23.0 Å². The lowest BCUT2D eigenvalue weighted by molar-refractivity contribution is 0.642. The van der Waals surface area contributed by atoms with Crippen LogP contribution in [0.25, 0.3) is 21.7 Å².